The number of primary amides is 1. The van der Waals surface area contributed by atoms with Crippen LogP contribution in [-0.2, 0) is 6.54 Å². The molecule has 1 heterocycles. The molecule has 0 unspecified atom stereocenters. The van der Waals surface area contributed by atoms with Crippen molar-refractivity contribution in [1.29, 1.82) is 0 Å². The van der Waals surface area contributed by atoms with Crippen LogP contribution < -0.4 is 11.1 Å². The Bertz CT molecular complexity index is 441. The average molecular weight is 235 g/mol. The van der Waals surface area contributed by atoms with Gasteiger partial charge in [-0.25, -0.2) is 0 Å². The van der Waals surface area contributed by atoms with Gasteiger partial charge in [0.2, 0.25) is 0 Å². The summed E-state index contributed by atoms with van der Waals surface area (Å²) >= 11 is 0. The molecule has 0 saturated heterocycles. The van der Waals surface area contributed by atoms with Gasteiger partial charge in [0.15, 0.2) is 0 Å². The second-order valence-corrected chi connectivity index (χ2v) is 4.69. The molecule has 0 bridgehead atoms. The molecule has 2 rings (SSSR count). The summed E-state index contributed by atoms with van der Waals surface area (Å²) < 4.78 is 0. The summed E-state index contributed by atoms with van der Waals surface area (Å²) in [5, 5.41) is 12.8. The number of carbonyl (C=O) groups is 1. The third-order valence-corrected chi connectivity index (χ3v) is 3.07. The Morgan fingerprint density at radius 2 is 2.35 bits per heavy atom. The molecule has 1 saturated carbocycles. The molecule has 5 nitrogen and oxygen atoms in total. The zero-order chi connectivity index (χ0) is 12.5. The summed E-state index contributed by atoms with van der Waals surface area (Å²) in [4.78, 5) is 14.9. The Morgan fingerprint density at radius 3 is 2.88 bits per heavy atom. The first kappa shape index (κ1) is 12.0. The van der Waals surface area contributed by atoms with Crippen LogP contribution in [0.4, 0.5) is 0 Å². The predicted molar refractivity (Wildman–Crippen MR) is 63.4 cm³/mol. The molecule has 1 aliphatic carbocycles. The molecular weight excluding hydrogens is 218 g/mol. The van der Waals surface area contributed by atoms with E-state index in [1.807, 2.05) is 6.92 Å². The molecule has 92 valence electrons. The van der Waals surface area contributed by atoms with Crippen LogP contribution in [-0.4, -0.2) is 28.1 Å². The second kappa shape index (κ2) is 4.43. The minimum Gasteiger partial charge on any atom is -0.389 e. The number of rotatable bonds is 5. The number of nitrogens with two attached hydrogens (primary N) is 1. The van der Waals surface area contributed by atoms with E-state index in [0.29, 0.717) is 13.1 Å². The number of nitrogens with zero attached hydrogens (tertiary/aromatic N) is 1. The van der Waals surface area contributed by atoms with Crippen molar-refractivity contribution in [1.82, 2.24) is 10.3 Å². The van der Waals surface area contributed by atoms with Crippen molar-refractivity contribution in [2.75, 3.05) is 6.54 Å². The zero-order valence-corrected chi connectivity index (χ0v) is 9.86. The van der Waals surface area contributed by atoms with Gasteiger partial charge < -0.3 is 16.2 Å². The lowest BCUT2D eigenvalue weighted by atomic mass is 10.1. The summed E-state index contributed by atoms with van der Waals surface area (Å²) in [6, 6.07) is 1.69. The number of aliphatic hydroxyl groups is 1. The molecule has 4 N–H and O–H groups in total. The van der Waals surface area contributed by atoms with E-state index < -0.39 is 11.5 Å². The van der Waals surface area contributed by atoms with E-state index in [2.05, 4.69) is 10.3 Å². The van der Waals surface area contributed by atoms with Crippen molar-refractivity contribution in [2.24, 2.45) is 5.73 Å². The highest BCUT2D eigenvalue weighted by Gasteiger charge is 2.39. The lowest BCUT2D eigenvalue weighted by molar-refractivity contribution is 0.0995. The van der Waals surface area contributed by atoms with E-state index in [9.17, 15) is 9.90 Å². The zero-order valence-electron chi connectivity index (χ0n) is 9.86. The first-order valence-electron chi connectivity index (χ1n) is 5.69. The number of nitrogens with one attached hydrogen (secondary N) is 1. The van der Waals surface area contributed by atoms with Gasteiger partial charge in [-0.3, -0.25) is 9.78 Å². The van der Waals surface area contributed by atoms with Crippen molar-refractivity contribution in [2.45, 2.75) is 31.9 Å². The van der Waals surface area contributed by atoms with E-state index in [-0.39, 0.29) is 5.69 Å². The van der Waals surface area contributed by atoms with Crippen LogP contribution in [0.3, 0.4) is 0 Å². The smallest absolute Gasteiger partial charge is 0.267 e. The summed E-state index contributed by atoms with van der Waals surface area (Å²) in [7, 11) is 0. The van der Waals surface area contributed by atoms with Crippen molar-refractivity contribution < 1.29 is 9.90 Å². The first-order chi connectivity index (χ1) is 8.00. The van der Waals surface area contributed by atoms with E-state index in [0.717, 1.165) is 24.0 Å². The lowest BCUT2D eigenvalue weighted by Crippen LogP contribution is -2.28. The Hall–Kier alpha value is -1.46. The van der Waals surface area contributed by atoms with Crippen LogP contribution >= 0.6 is 0 Å². The van der Waals surface area contributed by atoms with Crippen LogP contribution in [0.5, 0.6) is 0 Å². The number of aromatic nitrogens is 1. The van der Waals surface area contributed by atoms with Gasteiger partial charge in [-0.2, -0.15) is 0 Å². The summed E-state index contributed by atoms with van der Waals surface area (Å²) in [5.41, 5.74) is 6.93. The maximum atomic E-state index is 10.9. The molecule has 17 heavy (non-hydrogen) atoms. The van der Waals surface area contributed by atoms with Crippen LogP contribution in [0.1, 0.15) is 34.5 Å². The topological polar surface area (TPSA) is 88.2 Å². The fourth-order valence-electron chi connectivity index (χ4n) is 1.66. The van der Waals surface area contributed by atoms with E-state index in [1.165, 1.54) is 0 Å². The van der Waals surface area contributed by atoms with Crippen LogP contribution in [0.15, 0.2) is 12.3 Å². The molecule has 1 aromatic heterocycles. The molecule has 0 aliphatic heterocycles. The molecule has 0 aromatic carbocycles. The first-order valence-corrected chi connectivity index (χ1v) is 5.69. The molecule has 0 spiro atoms. The van der Waals surface area contributed by atoms with Gasteiger partial charge in [0, 0.05) is 19.3 Å². The number of hydrogen-bond donors (Lipinski definition) is 3. The summed E-state index contributed by atoms with van der Waals surface area (Å²) in [6.45, 7) is 3.15. The third-order valence-electron chi connectivity index (χ3n) is 3.07. The minimum absolute atomic E-state index is 0.284. The van der Waals surface area contributed by atoms with Crippen molar-refractivity contribution in [3.05, 3.63) is 29.1 Å². The maximum Gasteiger partial charge on any atom is 0.267 e. The van der Waals surface area contributed by atoms with Gasteiger partial charge in [-0.15, -0.1) is 0 Å². The highest BCUT2D eigenvalue weighted by Crippen LogP contribution is 2.33. The largest absolute Gasteiger partial charge is 0.389 e. The van der Waals surface area contributed by atoms with Crippen LogP contribution in [0.25, 0.3) is 0 Å². The fraction of sp³-hybridized carbons (Fsp3) is 0.500. The fourth-order valence-corrected chi connectivity index (χ4v) is 1.66. The predicted octanol–water partition coefficient (Wildman–Crippen LogP) is 0.103. The average Bonchev–Trinajstić information content (AvgIpc) is 2.99. The minimum atomic E-state index is -0.514. The monoisotopic (exact) mass is 235 g/mol. The van der Waals surface area contributed by atoms with Gasteiger partial charge in [-0.05, 0) is 37.0 Å². The second-order valence-electron chi connectivity index (χ2n) is 4.69. The van der Waals surface area contributed by atoms with E-state index in [4.69, 9.17) is 5.73 Å². The normalized spacial score (nSPS) is 16.8. The number of aryl methyl sites for hydroxylation is 1. The standard InChI is InChI=1S/C12H17N3O2/c1-8-4-10(11(13)16)15-6-9(8)5-14-7-12(17)2-3-12/h4,6,14,17H,2-3,5,7H2,1H3,(H2,13,16). The Balaban J connectivity index is 1.94. The molecule has 1 amide bonds. The number of hydrogen-bond acceptors (Lipinski definition) is 4. The van der Waals surface area contributed by atoms with Crippen molar-refractivity contribution in [3.63, 3.8) is 0 Å². The molecule has 0 atom stereocenters. The molecular formula is C12H17N3O2. The summed E-state index contributed by atoms with van der Waals surface area (Å²) in [6.07, 6.45) is 3.40. The van der Waals surface area contributed by atoms with Crippen molar-refractivity contribution in [3.8, 4) is 0 Å². The maximum absolute atomic E-state index is 10.9. The van der Waals surface area contributed by atoms with E-state index >= 15 is 0 Å². The highest BCUT2D eigenvalue weighted by atomic mass is 16.3. The number of pyridine rings is 1. The molecule has 1 aromatic rings. The van der Waals surface area contributed by atoms with Gasteiger partial charge in [0.1, 0.15) is 5.69 Å². The summed E-state index contributed by atoms with van der Waals surface area (Å²) in [5.74, 6) is -0.514. The third kappa shape index (κ3) is 3.01. The van der Waals surface area contributed by atoms with Crippen LogP contribution in [0.2, 0.25) is 0 Å². The Kier molecular flexibility index (Phi) is 3.13. The van der Waals surface area contributed by atoms with Gasteiger partial charge in [0.25, 0.3) is 5.91 Å². The SMILES string of the molecule is Cc1cc(C(N)=O)ncc1CNCC1(O)CC1. The highest BCUT2D eigenvalue weighted by molar-refractivity contribution is 5.90. The molecule has 1 aliphatic rings. The molecule has 0 radical (unpaired) electrons. The van der Waals surface area contributed by atoms with Gasteiger partial charge in [-0.1, -0.05) is 0 Å². The van der Waals surface area contributed by atoms with E-state index in [1.54, 1.807) is 12.3 Å². The van der Waals surface area contributed by atoms with Crippen LogP contribution in [0, 0.1) is 6.92 Å². The Morgan fingerprint density at radius 1 is 1.65 bits per heavy atom. The quantitative estimate of drug-likeness (QED) is 0.675. The molecule has 1 fully saturated rings. The Labute approximate surface area is 100 Å². The molecule has 5 heteroatoms. The number of carbonyl (C=O) groups excluding carboxylic acids is 1. The van der Waals surface area contributed by atoms with Gasteiger partial charge >= 0.3 is 0 Å². The van der Waals surface area contributed by atoms with Crippen molar-refractivity contribution >= 4 is 5.91 Å². The number of amides is 1. The lowest BCUT2D eigenvalue weighted by Gasteiger charge is -2.11. The van der Waals surface area contributed by atoms with Gasteiger partial charge in [0.05, 0.1) is 5.60 Å².